The SMILES string of the molecule is CN1CCCC(N(C)C(=O)c2ccc(NC(=O)c3n[nH]c4c3CNCC4)cc2)C1.Cl. The van der Waals surface area contributed by atoms with E-state index < -0.39 is 0 Å². The minimum absolute atomic E-state index is 0. The first-order valence-corrected chi connectivity index (χ1v) is 10.2. The standard InChI is InChI=1S/C21H28N6O2.ClH/c1-26-11-3-4-16(13-26)27(2)21(29)14-5-7-15(8-6-14)23-20(28)19-17-12-22-10-9-18(17)24-25-19;/h5-8,16,22H,3-4,9-13H2,1-2H3,(H,23,28)(H,24,25);1H. The second kappa shape index (κ2) is 9.59. The number of rotatable bonds is 4. The van der Waals surface area contributed by atoms with E-state index in [1.165, 1.54) is 0 Å². The molecule has 3 heterocycles. The van der Waals surface area contributed by atoms with E-state index in [0.29, 0.717) is 23.5 Å². The molecule has 2 amide bonds. The number of nitrogens with one attached hydrogen (secondary N) is 3. The number of nitrogens with zero attached hydrogens (tertiary/aromatic N) is 3. The first-order valence-electron chi connectivity index (χ1n) is 10.2. The highest BCUT2D eigenvalue weighted by Crippen LogP contribution is 2.19. The lowest BCUT2D eigenvalue weighted by Gasteiger charge is -2.35. The topological polar surface area (TPSA) is 93.4 Å². The number of hydrogen-bond acceptors (Lipinski definition) is 5. The molecular weight excluding hydrogens is 404 g/mol. The van der Waals surface area contributed by atoms with Crippen LogP contribution in [0.2, 0.25) is 0 Å². The molecule has 0 radical (unpaired) electrons. The molecule has 30 heavy (non-hydrogen) atoms. The molecule has 2 aromatic rings. The first-order chi connectivity index (χ1) is 14.0. The summed E-state index contributed by atoms with van der Waals surface area (Å²) in [4.78, 5) is 29.5. The molecule has 1 fully saturated rings. The molecule has 0 aliphatic carbocycles. The molecular formula is C21H29ClN6O2. The molecule has 4 rings (SSSR count). The predicted octanol–water partition coefficient (Wildman–Crippen LogP) is 1.90. The van der Waals surface area contributed by atoms with Gasteiger partial charge in [-0.2, -0.15) is 5.10 Å². The number of likely N-dealkylation sites (tertiary alicyclic amines) is 1. The molecule has 1 aromatic heterocycles. The van der Waals surface area contributed by atoms with Crippen LogP contribution in [0.25, 0.3) is 0 Å². The maximum Gasteiger partial charge on any atom is 0.276 e. The number of piperidine rings is 1. The van der Waals surface area contributed by atoms with Crippen molar-refractivity contribution in [3.8, 4) is 0 Å². The fourth-order valence-electron chi connectivity index (χ4n) is 4.12. The summed E-state index contributed by atoms with van der Waals surface area (Å²) >= 11 is 0. The molecule has 0 bridgehead atoms. The molecule has 0 saturated carbocycles. The number of H-pyrrole nitrogens is 1. The van der Waals surface area contributed by atoms with Crippen LogP contribution in [0.3, 0.4) is 0 Å². The Hall–Kier alpha value is -2.42. The average molecular weight is 433 g/mol. The van der Waals surface area contributed by atoms with Crippen LogP contribution in [-0.4, -0.2) is 71.6 Å². The zero-order chi connectivity index (χ0) is 20.4. The summed E-state index contributed by atoms with van der Waals surface area (Å²) in [6, 6.07) is 7.30. The molecule has 1 saturated heterocycles. The summed E-state index contributed by atoms with van der Waals surface area (Å²) in [6.45, 7) is 3.52. The number of amides is 2. The highest BCUT2D eigenvalue weighted by molar-refractivity contribution is 6.04. The summed E-state index contributed by atoms with van der Waals surface area (Å²) in [5.41, 5.74) is 3.64. The van der Waals surface area contributed by atoms with Crippen LogP contribution in [0, 0.1) is 0 Å². The molecule has 2 aliphatic rings. The molecule has 1 aromatic carbocycles. The molecule has 0 spiro atoms. The third kappa shape index (κ3) is 4.66. The van der Waals surface area contributed by atoms with E-state index in [-0.39, 0.29) is 30.3 Å². The predicted molar refractivity (Wildman–Crippen MR) is 118 cm³/mol. The van der Waals surface area contributed by atoms with Gasteiger partial charge >= 0.3 is 0 Å². The van der Waals surface area contributed by atoms with Gasteiger partial charge in [0.25, 0.3) is 11.8 Å². The van der Waals surface area contributed by atoms with E-state index in [4.69, 9.17) is 0 Å². The van der Waals surface area contributed by atoms with Gasteiger partial charge in [0.1, 0.15) is 0 Å². The van der Waals surface area contributed by atoms with E-state index in [9.17, 15) is 9.59 Å². The van der Waals surface area contributed by atoms with Crippen LogP contribution in [-0.2, 0) is 13.0 Å². The lowest BCUT2D eigenvalue weighted by molar-refractivity contribution is 0.0644. The number of likely N-dealkylation sites (N-methyl/N-ethyl adjacent to an activating group) is 2. The van der Waals surface area contributed by atoms with Crippen LogP contribution < -0.4 is 10.6 Å². The highest BCUT2D eigenvalue weighted by Gasteiger charge is 2.25. The van der Waals surface area contributed by atoms with Crippen molar-refractivity contribution in [3.05, 3.63) is 46.8 Å². The van der Waals surface area contributed by atoms with Crippen molar-refractivity contribution >= 4 is 29.9 Å². The maximum atomic E-state index is 12.8. The lowest BCUT2D eigenvalue weighted by atomic mass is 10.0. The molecule has 9 heteroatoms. The third-order valence-corrected chi connectivity index (χ3v) is 5.88. The van der Waals surface area contributed by atoms with E-state index >= 15 is 0 Å². The first kappa shape index (κ1) is 22.3. The maximum absolute atomic E-state index is 12.8. The molecule has 1 unspecified atom stereocenters. The molecule has 162 valence electrons. The number of fused-ring (bicyclic) bond motifs is 1. The number of aromatic nitrogens is 2. The smallest absolute Gasteiger partial charge is 0.276 e. The number of halogens is 1. The van der Waals surface area contributed by atoms with Crippen molar-refractivity contribution in [1.82, 2.24) is 25.3 Å². The summed E-state index contributed by atoms with van der Waals surface area (Å²) in [7, 11) is 3.96. The Morgan fingerprint density at radius 2 is 2.03 bits per heavy atom. The molecule has 1 atom stereocenters. The highest BCUT2D eigenvalue weighted by atomic mass is 35.5. The number of aromatic amines is 1. The van der Waals surface area contributed by atoms with Crippen LogP contribution >= 0.6 is 12.4 Å². The summed E-state index contributed by atoms with van der Waals surface area (Å²) in [6.07, 6.45) is 2.98. The molecule has 8 nitrogen and oxygen atoms in total. The van der Waals surface area contributed by atoms with Gasteiger partial charge in [-0.25, -0.2) is 0 Å². The third-order valence-electron chi connectivity index (χ3n) is 5.88. The fraction of sp³-hybridized carbons (Fsp3) is 0.476. The van der Waals surface area contributed by atoms with Crippen molar-refractivity contribution in [2.75, 3.05) is 39.0 Å². The number of benzene rings is 1. The Labute approximate surface area is 182 Å². The average Bonchev–Trinajstić information content (AvgIpc) is 3.17. The number of carbonyl (C=O) groups excluding carboxylic acids is 2. The number of hydrogen-bond donors (Lipinski definition) is 3. The monoisotopic (exact) mass is 432 g/mol. The summed E-state index contributed by atoms with van der Waals surface area (Å²) in [5, 5.41) is 13.3. The number of carbonyl (C=O) groups is 2. The summed E-state index contributed by atoms with van der Waals surface area (Å²) in [5.74, 6) is -0.233. The minimum Gasteiger partial charge on any atom is -0.337 e. The Morgan fingerprint density at radius 1 is 1.27 bits per heavy atom. The van der Waals surface area contributed by atoms with Crippen molar-refractivity contribution < 1.29 is 9.59 Å². The van der Waals surface area contributed by atoms with Crippen LogP contribution in [0.15, 0.2) is 24.3 Å². The number of anilines is 1. The Bertz CT molecular complexity index is 897. The van der Waals surface area contributed by atoms with Gasteiger partial charge in [0, 0.05) is 61.7 Å². The van der Waals surface area contributed by atoms with Gasteiger partial charge in [0.2, 0.25) is 0 Å². The molecule has 3 N–H and O–H groups in total. The van der Waals surface area contributed by atoms with Crippen molar-refractivity contribution in [2.24, 2.45) is 0 Å². The Balaban J connectivity index is 0.00000256. The Kier molecular flexibility index (Phi) is 7.12. The van der Waals surface area contributed by atoms with Gasteiger partial charge in [-0.15, -0.1) is 12.4 Å². The van der Waals surface area contributed by atoms with Crippen LogP contribution in [0.1, 0.15) is 44.9 Å². The van der Waals surface area contributed by atoms with Gasteiger partial charge in [-0.05, 0) is 50.7 Å². The van der Waals surface area contributed by atoms with E-state index in [0.717, 1.165) is 50.2 Å². The largest absolute Gasteiger partial charge is 0.337 e. The zero-order valence-corrected chi connectivity index (χ0v) is 18.2. The minimum atomic E-state index is -0.243. The van der Waals surface area contributed by atoms with Crippen molar-refractivity contribution in [1.29, 1.82) is 0 Å². The molecule has 2 aliphatic heterocycles. The van der Waals surface area contributed by atoms with Crippen LogP contribution in [0.5, 0.6) is 0 Å². The quantitative estimate of drug-likeness (QED) is 0.686. The van der Waals surface area contributed by atoms with Crippen molar-refractivity contribution in [2.45, 2.75) is 31.8 Å². The second-order valence-corrected chi connectivity index (χ2v) is 7.96. The Morgan fingerprint density at radius 3 is 2.77 bits per heavy atom. The second-order valence-electron chi connectivity index (χ2n) is 7.96. The fourth-order valence-corrected chi connectivity index (χ4v) is 4.12. The lowest BCUT2D eigenvalue weighted by Crippen LogP contribution is -2.47. The van der Waals surface area contributed by atoms with Gasteiger partial charge in [0.05, 0.1) is 0 Å². The van der Waals surface area contributed by atoms with Gasteiger partial charge in [0.15, 0.2) is 5.69 Å². The van der Waals surface area contributed by atoms with E-state index in [1.54, 1.807) is 24.3 Å². The normalized spacial score (nSPS) is 18.8. The van der Waals surface area contributed by atoms with Crippen molar-refractivity contribution in [3.63, 3.8) is 0 Å². The van der Waals surface area contributed by atoms with E-state index in [1.807, 2.05) is 11.9 Å². The zero-order valence-electron chi connectivity index (χ0n) is 17.4. The van der Waals surface area contributed by atoms with Gasteiger partial charge < -0.3 is 20.4 Å². The summed E-state index contributed by atoms with van der Waals surface area (Å²) < 4.78 is 0. The van der Waals surface area contributed by atoms with Gasteiger partial charge in [-0.3, -0.25) is 14.7 Å². The van der Waals surface area contributed by atoms with Gasteiger partial charge in [-0.1, -0.05) is 0 Å². The van der Waals surface area contributed by atoms with Crippen LogP contribution in [0.4, 0.5) is 5.69 Å². The van der Waals surface area contributed by atoms with E-state index in [2.05, 4.69) is 32.8 Å².